The van der Waals surface area contributed by atoms with Crippen LogP contribution in [0.1, 0.15) is 21.5 Å². The number of nitriles is 1. The van der Waals surface area contributed by atoms with Gasteiger partial charge in [-0.25, -0.2) is 0 Å². The number of hydrogen-bond donors (Lipinski definition) is 1. The summed E-state index contributed by atoms with van der Waals surface area (Å²) in [6, 6.07) is 14.2. The van der Waals surface area contributed by atoms with E-state index in [2.05, 4.69) is 27.3 Å². The second-order valence-electron chi connectivity index (χ2n) is 4.15. The summed E-state index contributed by atoms with van der Waals surface area (Å²) in [6.45, 7) is 0.360. The predicted octanol–water partition coefficient (Wildman–Crippen LogP) is 3.90. The minimum absolute atomic E-state index is 0.212. The zero-order valence-corrected chi connectivity index (χ0v) is 12.7. The number of carbonyl (C=O) groups is 1. The fourth-order valence-corrected chi connectivity index (χ4v) is 2.58. The van der Waals surface area contributed by atoms with Gasteiger partial charge in [-0.3, -0.25) is 4.79 Å². The first-order valence-corrected chi connectivity index (χ1v) is 6.99. The highest BCUT2D eigenvalue weighted by atomic mass is 79.9. The first kappa shape index (κ1) is 14.6. The molecular formula is C15H10BrClN2O. The predicted molar refractivity (Wildman–Crippen MR) is 81.5 cm³/mol. The van der Waals surface area contributed by atoms with Crippen LogP contribution in [0.2, 0.25) is 5.02 Å². The largest absolute Gasteiger partial charge is 0.348 e. The monoisotopic (exact) mass is 348 g/mol. The molecule has 5 heteroatoms. The fourth-order valence-electron chi connectivity index (χ4n) is 1.72. The van der Waals surface area contributed by atoms with Crippen LogP contribution in [0.4, 0.5) is 0 Å². The van der Waals surface area contributed by atoms with Gasteiger partial charge in [0.05, 0.1) is 11.6 Å². The van der Waals surface area contributed by atoms with Crippen LogP contribution in [0.15, 0.2) is 46.9 Å². The zero-order valence-electron chi connectivity index (χ0n) is 10.4. The third-order valence-electron chi connectivity index (χ3n) is 2.63. The van der Waals surface area contributed by atoms with E-state index in [1.54, 1.807) is 36.4 Å². The van der Waals surface area contributed by atoms with Gasteiger partial charge < -0.3 is 5.32 Å². The molecule has 2 aromatic carbocycles. The van der Waals surface area contributed by atoms with E-state index >= 15 is 0 Å². The van der Waals surface area contributed by atoms with Crippen molar-refractivity contribution in [1.82, 2.24) is 5.32 Å². The number of carbonyl (C=O) groups excluding carboxylic acids is 1. The van der Waals surface area contributed by atoms with Crippen LogP contribution >= 0.6 is 27.5 Å². The smallest absolute Gasteiger partial charge is 0.251 e. The highest BCUT2D eigenvalue weighted by Crippen LogP contribution is 2.19. The number of benzene rings is 2. The Hall–Kier alpha value is -1.83. The van der Waals surface area contributed by atoms with Gasteiger partial charge in [0.1, 0.15) is 0 Å². The maximum Gasteiger partial charge on any atom is 0.251 e. The third kappa shape index (κ3) is 3.83. The highest BCUT2D eigenvalue weighted by molar-refractivity contribution is 9.10. The second kappa shape index (κ2) is 6.56. The number of amides is 1. The lowest BCUT2D eigenvalue weighted by Crippen LogP contribution is -2.22. The Morgan fingerprint density at radius 2 is 2.10 bits per heavy atom. The molecule has 0 spiro atoms. The summed E-state index contributed by atoms with van der Waals surface area (Å²) in [4.78, 5) is 12.0. The molecule has 0 saturated carbocycles. The van der Waals surface area contributed by atoms with Crippen molar-refractivity contribution in [3.8, 4) is 6.07 Å². The average molecular weight is 350 g/mol. The van der Waals surface area contributed by atoms with Gasteiger partial charge in [-0.05, 0) is 35.9 Å². The molecule has 0 heterocycles. The van der Waals surface area contributed by atoms with Gasteiger partial charge in [-0.15, -0.1) is 0 Å². The third-order valence-corrected chi connectivity index (χ3v) is 3.31. The molecule has 0 aliphatic carbocycles. The quantitative estimate of drug-likeness (QED) is 0.913. The lowest BCUT2D eigenvalue weighted by Gasteiger charge is -2.06. The van der Waals surface area contributed by atoms with Crippen molar-refractivity contribution >= 4 is 33.4 Å². The number of nitrogens with zero attached hydrogens (tertiary/aromatic N) is 1. The highest BCUT2D eigenvalue weighted by Gasteiger charge is 2.07. The van der Waals surface area contributed by atoms with Crippen molar-refractivity contribution in [2.24, 2.45) is 0 Å². The average Bonchev–Trinajstić information content (AvgIpc) is 2.44. The second-order valence-corrected chi connectivity index (χ2v) is 5.51. The van der Waals surface area contributed by atoms with Gasteiger partial charge in [0.25, 0.3) is 5.91 Å². The standard InChI is InChI=1S/C15H10BrClN2O/c16-13-5-12(6-14(17)7-13)15(20)19-9-11-3-1-2-10(4-11)8-18/h1-7H,9H2,(H,19,20). The van der Waals surface area contributed by atoms with Crippen LogP contribution in [0, 0.1) is 11.3 Å². The summed E-state index contributed by atoms with van der Waals surface area (Å²) in [5, 5.41) is 12.1. The molecule has 3 nitrogen and oxygen atoms in total. The topological polar surface area (TPSA) is 52.9 Å². The van der Waals surface area contributed by atoms with Crippen LogP contribution < -0.4 is 5.32 Å². The Bertz CT molecular complexity index is 674. The summed E-state index contributed by atoms with van der Waals surface area (Å²) >= 11 is 9.20. The van der Waals surface area contributed by atoms with E-state index in [9.17, 15) is 4.79 Å². The zero-order chi connectivity index (χ0) is 14.5. The Kier molecular flexibility index (Phi) is 4.78. The van der Waals surface area contributed by atoms with Crippen LogP contribution in [0.3, 0.4) is 0 Å². The van der Waals surface area contributed by atoms with Gasteiger partial charge in [0.2, 0.25) is 0 Å². The van der Waals surface area contributed by atoms with Gasteiger partial charge in [0, 0.05) is 21.6 Å². The molecule has 0 radical (unpaired) electrons. The fraction of sp³-hybridized carbons (Fsp3) is 0.0667. The van der Waals surface area contributed by atoms with Crippen LogP contribution in [0.25, 0.3) is 0 Å². The summed E-state index contributed by atoms with van der Waals surface area (Å²) in [7, 11) is 0. The van der Waals surface area contributed by atoms with Crippen LogP contribution in [-0.4, -0.2) is 5.91 Å². The molecule has 0 aromatic heterocycles. The van der Waals surface area contributed by atoms with Crippen molar-refractivity contribution in [2.75, 3.05) is 0 Å². The van der Waals surface area contributed by atoms with Gasteiger partial charge >= 0.3 is 0 Å². The van der Waals surface area contributed by atoms with Crippen molar-refractivity contribution in [1.29, 1.82) is 5.26 Å². The summed E-state index contributed by atoms with van der Waals surface area (Å²) in [6.07, 6.45) is 0. The molecule has 0 unspecified atom stereocenters. The first-order valence-electron chi connectivity index (χ1n) is 5.82. The van der Waals surface area contributed by atoms with E-state index < -0.39 is 0 Å². The van der Waals surface area contributed by atoms with Gasteiger partial charge in [0.15, 0.2) is 0 Å². The molecule has 0 saturated heterocycles. The molecule has 2 rings (SSSR count). The summed E-state index contributed by atoms with van der Waals surface area (Å²) < 4.78 is 0.752. The maximum absolute atomic E-state index is 12.0. The molecule has 1 amide bonds. The number of nitrogens with one attached hydrogen (secondary N) is 1. The SMILES string of the molecule is N#Cc1cccc(CNC(=O)c2cc(Cl)cc(Br)c2)c1. The number of hydrogen-bond acceptors (Lipinski definition) is 2. The summed E-state index contributed by atoms with van der Waals surface area (Å²) in [5.74, 6) is -0.212. The van der Waals surface area contributed by atoms with E-state index in [0.29, 0.717) is 22.7 Å². The van der Waals surface area contributed by atoms with E-state index in [0.717, 1.165) is 10.0 Å². The van der Waals surface area contributed by atoms with E-state index in [-0.39, 0.29) is 5.91 Å². The van der Waals surface area contributed by atoms with E-state index in [4.69, 9.17) is 16.9 Å². The molecule has 2 aromatic rings. The molecule has 0 bridgehead atoms. The van der Waals surface area contributed by atoms with Gasteiger partial charge in [-0.2, -0.15) is 5.26 Å². The molecule has 1 N–H and O–H groups in total. The van der Waals surface area contributed by atoms with Crippen LogP contribution in [0.5, 0.6) is 0 Å². The molecule has 0 atom stereocenters. The van der Waals surface area contributed by atoms with Crippen molar-refractivity contribution < 1.29 is 4.79 Å². The van der Waals surface area contributed by atoms with Crippen molar-refractivity contribution in [2.45, 2.75) is 6.54 Å². The summed E-state index contributed by atoms with van der Waals surface area (Å²) in [5.41, 5.74) is 1.93. The lowest BCUT2D eigenvalue weighted by atomic mass is 10.1. The molecule has 20 heavy (non-hydrogen) atoms. The minimum Gasteiger partial charge on any atom is -0.348 e. The molecule has 100 valence electrons. The Labute approximate surface area is 130 Å². The maximum atomic E-state index is 12.0. The minimum atomic E-state index is -0.212. The Morgan fingerprint density at radius 3 is 2.80 bits per heavy atom. The lowest BCUT2D eigenvalue weighted by molar-refractivity contribution is 0.0951. The van der Waals surface area contributed by atoms with Crippen molar-refractivity contribution in [3.05, 3.63) is 68.7 Å². The van der Waals surface area contributed by atoms with E-state index in [1.807, 2.05) is 6.07 Å². The molecule has 0 aliphatic heterocycles. The van der Waals surface area contributed by atoms with E-state index in [1.165, 1.54) is 0 Å². The first-order chi connectivity index (χ1) is 9.58. The normalized spacial score (nSPS) is 9.85. The molecule has 0 fully saturated rings. The Morgan fingerprint density at radius 1 is 1.30 bits per heavy atom. The Balaban J connectivity index is 2.06. The molecule has 0 aliphatic rings. The number of rotatable bonds is 3. The van der Waals surface area contributed by atoms with Crippen molar-refractivity contribution in [3.63, 3.8) is 0 Å². The number of halogens is 2. The van der Waals surface area contributed by atoms with Gasteiger partial charge in [-0.1, -0.05) is 39.7 Å². The van der Waals surface area contributed by atoms with Crippen LogP contribution in [-0.2, 0) is 6.54 Å². The molecular weight excluding hydrogens is 340 g/mol.